The second-order valence-corrected chi connectivity index (χ2v) is 15.9. The fourth-order valence-electron chi connectivity index (χ4n) is 10.5. The van der Waals surface area contributed by atoms with Crippen molar-refractivity contribution in [2.45, 2.75) is 20.8 Å². The molecular weight excluding hydrogens is 697 g/mol. The summed E-state index contributed by atoms with van der Waals surface area (Å²) in [4.78, 5) is 2.44. The van der Waals surface area contributed by atoms with Crippen LogP contribution in [-0.2, 0) is 0 Å². The van der Waals surface area contributed by atoms with Gasteiger partial charge >= 0.3 is 0 Å². The third kappa shape index (κ3) is 4.04. The van der Waals surface area contributed by atoms with E-state index in [0.29, 0.717) is 0 Å². The van der Waals surface area contributed by atoms with Gasteiger partial charge in [-0.25, -0.2) is 0 Å². The van der Waals surface area contributed by atoms with Gasteiger partial charge in [-0.3, -0.25) is 4.90 Å². The van der Waals surface area contributed by atoms with E-state index >= 15 is 0 Å². The van der Waals surface area contributed by atoms with Gasteiger partial charge in [-0.1, -0.05) is 113 Å². The van der Waals surface area contributed by atoms with Crippen LogP contribution in [-0.4, -0.2) is 15.8 Å². The smallest absolute Gasteiger partial charge is 0.247 e. The first-order chi connectivity index (χ1) is 28.0. The maximum Gasteiger partial charge on any atom is 0.247 e. The van der Waals surface area contributed by atoms with E-state index in [1.54, 1.807) is 0 Å². The maximum atomic E-state index is 7.02. The fraction of sp³-hybridized carbons (Fsp3) is 0.0588. The second-order valence-electron chi connectivity index (χ2n) is 15.9. The molecule has 0 unspecified atom stereocenters. The monoisotopic (exact) mass is 731 g/mol. The first kappa shape index (κ1) is 31.1. The Morgan fingerprint density at radius 2 is 0.807 bits per heavy atom. The number of hydrogen-bond donors (Lipinski definition) is 0. The molecule has 0 spiro atoms. The summed E-state index contributed by atoms with van der Waals surface area (Å²) in [6.45, 7) is 6.62. The fourth-order valence-corrected chi connectivity index (χ4v) is 10.5. The molecule has 0 atom stereocenters. The number of aromatic nitrogens is 2. The summed E-state index contributed by atoms with van der Waals surface area (Å²) in [6.07, 6.45) is 0. The van der Waals surface area contributed by atoms with Crippen molar-refractivity contribution >= 4 is 83.8 Å². The molecule has 0 fully saturated rings. The van der Waals surface area contributed by atoms with Gasteiger partial charge in [0.15, 0.2) is 23.0 Å². The van der Waals surface area contributed by atoms with Crippen LogP contribution in [0.1, 0.15) is 16.7 Å². The Kier molecular flexibility index (Phi) is 5.99. The Balaban J connectivity index is 1.18. The molecule has 5 heterocycles. The highest BCUT2D eigenvalue weighted by Gasteiger charge is 2.46. The molecule has 10 aromatic rings. The number of rotatable bonds is 3. The van der Waals surface area contributed by atoms with Crippen LogP contribution in [0.15, 0.2) is 152 Å². The second kappa shape index (κ2) is 11.0. The molecule has 0 N–H and O–H groups in total. The number of nitrogens with zero attached hydrogens (tertiary/aromatic N) is 3. The van der Waals surface area contributed by atoms with E-state index in [4.69, 9.17) is 9.47 Å². The number of para-hydroxylation sites is 5. The van der Waals surface area contributed by atoms with Crippen molar-refractivity contribution in [1.82, 2.24) is 9.13 Å². The number of fused-ring (bicyclic) bond motifs is 6. The molecule has 5 nitrogen and oxygen atoms in total. The molecule has 3 aliphatic heterocycles. The molecular formula is C51H34BN3O2. The van der Waals surface area contributed by atoms with E-state index in [-0.39, 0.29) is 6.71 Å². The van der Waals surface area contributed by atoms with Crippen LogP contribution in [0.4, 0.5) is 17.1 Å². The molecule has 0 bridgehead atoms. The predicted octanol–water partition coefficient (Wildman–Crippen LogP) is 11.3. The molecule has 268 valence electrons. The van der Waals surface area contributed by atoms with Crippen molar-refractivity contribution in [3.63, 3.8) is 0 Å². The van der Waals surface area contributed by atoms with E-state index in [1.807, 2.05) is 6.07 Å². The molecule has 13 rings (SSSR count). The molecule has 57 heavy (non-hydrogen) atoms. The Labute approximate surface area is 329 Å². The summed E-state index contributed by atoms with van der Waals surface area (Å²) in [5.74, 6) is 3.25. The van der Waals surface area contributed by atoms with Gasteiger partial charge < -0.3 is 18.6 Å². The molecule has 0 aliphatic carbocycles. The lowest BCUT2D eigenvalue weighted by molar-refractivity contribution is 0.446. The van der Waals surface area contributed by atoms with Gasteiger partial charge in [0, 0.05) is 45.1 Å². The lowest BCUT2D eigenvalue weighted by Crippen LogP contribution is -2.59. The van der Waals surface area contributed by atoms with Gasteiger partial charge in [0.05, 0.1) is 33.4 Å². The number of anilines is 3. The van der Waals surface area contributed by atoms with Crippen molar-refractivity contribution in [2.24, 2.45) is 0 Å². The normalized spacial score (nSPS) is 13.4. The lowest BCUT2D eigenvalue weighted by atomic mass is 9.33. The first-order valence-corrected chi connectivity index (χ1v) is 19.7. The van der Waals surface area contributed by atoms with Crippen molar-refractivity contribution in [3.8, 4) is 34.4 Å². The summed E-state index contributed by atoms with van der Waals surface area (Å²) in [6, 6.07) is 55.1. The third-order valence-corrected chi connectivity index (χ3v) is 12.6. The van der Waals surface area contributed by atoms with Crippen LogP contribution >= 0.6 is 0 Å². The average molecular weight is 732 g/mol. The zero-order valence-electron chi connectivity index (χ0n) is 31.7. The highest BCUT2D eigenvalue weighted by Crippen LogP contribution is 2.60. The summed E-state index contributed by atoms with van der Waals surface area (Å²) in [5, 5.41) is 4.93. The highest BCUT2D eigenvalue weighted by molar-refractivity contribution is 6.98. The minimum atomic E-state index is -0.121. The van der Waals surface area contributed by atoms with Crippen LogP contribution < -0.4 is 30.8 Å². The lowest BCUT2D eigenvalue weighted by Gasteiger charge is -2.45. The number of ether oxygens (including phenoxy) is 2. The Hall–Kier alpha value is -7.18. The first-order valence-electron chi connectivity index (χ1n) is 19.7. The number of benzene rings is 8. The zero-order chi connectivity index (χ0) is 37.7. The van der Waals surface area contributed by atoms with Crippen molar-refractivity contribution in [2.75, 3.05) is 4.90 Å². The van der Waals surface area contributed by atoms with E-state index < -0.39 is 0 Å². The highest BCUT2D eigenvalue weighted by atomic mass is 16.5. The third-order valence-electron chi connectivity index (χ3n) is 12.6. The van der Waals surface area contributed by atoms with Crippen LogP contribution in [0.2, 0.25) is 0 Å². The predicted molar refractivity (Wildman–Crippen MR) is 235 cm³/mol. The topological polar surface area (TPSA) is 31.6 Å². The minimum absolute atomic E-state index is 0.121. The standard InChI is InChI=1S/C51H34BN3O2/c1-29-23-30(2)48(31(3)24-29)52-38-25-32(53-40-17-8-4-13-34(40)35-14-5-9-18-41(35)53)27-46-49(38)55-50-39(52)26-33(28-47(50)57-45-22-12-21-44(56-46)51(45)55)54-42-19-10-6-15-36(42)37-16-7-11-20-43(37)54/h4-28H,1-3H3. The van der Waals surface area contributed by atoms with Crippen LogP contribution in [0, 0.1) is 20.8 Å². The van der Waals surface area contributed by atoms with E-state index in [0.717, 1.165) is 51.4 Å². The van der Waals surface area contributed by atoms with Crippen molar-refractivity contribution in [1.29, 1.82) is 0 Å². The zero-order valence-corrected chi connectivity index (χ0v) is 31.7. The molecule has 2 aromatic heterocycles. The molecule has 0 saturated carbocycles. The van der Waals surface area contributed by atoms with Gasteiger partial charge in [-0.2, -0.15) is 0 Å². The Bertz CT molecular complexity index is 3110. The van der Waals surface area contributed by atoms with Crippen molar-refractivity contribution in [3.05, 3.63) is 168 Å². The van der Waals surface area contributed by atoms with Gasteiger partial charge in [0.25, 0.3) is 0 Å². The molecule has 0 amide bonds. The number of hydrogen-bond acceptors (Lipinski definition) is 3. The van der Waals surface area contributed by atoms with Gasteiger partial charge in [0.1, 0.15) is 5.69 Å². The van der Waals surface area contributed by atoms with E-state index in [2.05, 4.69) is 180 Å². The summed E-state index contributed by atoms with van der Waals surface area (Å²) < 4.78 is 18.9. The Morgan fingerprint density at radius 1 is 0.404 bits per heavy atom. The van der Waals surface area contributed by atoms with Crippen LogP contribution in [0.5, 0.6) is 23.0 Å². The largest absolute Gasteiger partial charge is 0.453 e. The van der Waals surface area contributed by atoms with E-state index in [1.165, 1.54) is 76.7 Å². The van der Waals surface area contributed by atoms with Gasteiger partial charge in [0.2, 0.25) is 6.71 Å². The molecule has 8 aromatic carbocycles. The van der Waals surface area contributed by atoms with Crippen molar-refractivity contribution < 1.29 is 9.47 Å². The maximum absolute atomic E-state index is 7.02. The minimum Gasteiger partial charge on any atom is -0.453 e. The van der Waals surface area contributed by atoms with E-state index in [9.17, 15) is 0 Å². The quantitative estimate of drug-likeness (QED) is 0.170. The summed E-state index contributed by atoms with van der Waals surface area (Å²) in [7, 11) is 0. The number of aryl methyl sites for hydroxylation is 3. The summed E-state index contributed by atoms with van der Waals surface area (Å²) in [5.41, 5.74) is 17.5. The molecule has 6 heteroatoms. The van der Waals surface area contributed by atoms with Crippen LogP contribution in [0.3, 0.4) is 0 Å². The van der Waals surface area contributed by atoms with Crippen LogP contribution in [0.25, 0.3) is 55.0 Å². The Morgan fingerprint density at radius 3 is 1.23 bits per heavy atom. The van der Waals surface area contributed by atoms with Gasteiger partial charge in [-0.05, 0) is 80.2 Å². The molecule has 3 aliphatic rings. The summed E-state index contributed by atoms with van der Waals surface area (Å²) >= 11 is 0. The molecule has 0 radical (unpaired) electrons. The average Bonchev–Trinajstić information content (AvgIpc) is 3.74. The van der Waals surface area contributed by atoms with Gasteiger partial charge in [-0.15, -0.1) is 0 Å². The molecule has 0 saturated heterocycles. The SMILES string of the molecule is Cc1cc(C)c(B2c3cc(-n4c5ccccc5c5ccccc54)cc4c3N3c5c(cccc5Oc5cc(-n6c7ccccc7c7ccccc76)cc2c53)O4)c(C)c1.